The summed E-state index contributed by atoms with van der Waals surface area (Å²) < 4.78 is 53.9. The highest BCUT2D eigenvalue weighted by Crippen LogP contribution is 2.32. The number of hydrogen-bond acceptors (Lipinski definition) is 6. The van der Waals surface area contributed by atoms with Crippen LogP contribution in [-0.2, 0) is 17.5 Å². The molecule has 0 aliphatic heterocycles. The molecule has 6 nitrogen and oxygen atoms in total. The number of rotatable bonds is 5. The highest BCUT2D eigenvalue weighted by Gasteiger charge is 2.35. The number of nitrogens with zero attached hydrogens (tertiary/aromatic N) is 2. The second-order valence-corrected chi connectivity index (χ2v) is 5.36. The van der Waals surface area contributed by atoms with Gasteiger partial charge in [-0.05, 0) is 24.3 Å². The highest BCUT2D eigenvalue weighted by molar-refractivity contribution is 5.91. The molecule has 0 aliphatic carbocycles. The van der Waals surface area contributed by atoms with E-state index in [4.69, 9.17) is 14.0 Å². The molecule has 27 heavy (non-hydrogen) atoms. The summed E-state index contributed by atoms with van der Waals surface area (Å²) in [6, 6.07) is 11.2. The molecule has 0 saturated heterocycles. The van der Waals surface area contributed by atoms with Crippen molar-refractivity contribution in [3.05, 3.63) is 65.5 Å². The van der Waals surface area contributed by atoms with Gasteiger partial charge in [-0.15, -0.1) is 0 Å². The molecule has 0 saturated carbocycles. The number of methoxy groups -OCH3 is 1. The van der Waals surface area contributed by atoms with Gasteiger partial charge in [0.15, 0.2) is 6.61 Å². The summed E-state index contributed by atoms with van der Waals surface area (Å²) >= 11 is 0. The number of ether oxygens (including phenoxy) is 2. The number of hydrogen-bond donors (Lipinski definition) is 0. The smallest absolute Gasteiger partial charge is 0.417 e. The van der Waals surface area contributed by atoms with E-state index in [0.717, 1.165) is 12.1 Å². The van der Waals surface area contributed by atoms with Crippen LogP contribution in [0.5, 0.6) is 5.75 Å². The monoisotopic (exact) mass is 378 g/mol. The minimum atomic E-state index is -4.67. The first-order valence-electron chi connectivity index (χ1n) is 7.69. The Bertz CT molecular complexity index is 954. The van der Waals surface area contributed by atoms with Crippen LogP contribution in [-0.4, -0.2) is 23.2 Å². The fraction of sp³-hybridized carbons (Fsp3) is 0.167. The summed E-state index contributed by atoms with van der Waals surface area (Å²) in [5.41, 5.74) is -1.05. The van der Waals surface area contributed by atoms with Gasteiger partial charge in [0.1, 0.15) is 5.75 Å². The largest absolute Gasteiger partial charge is 0.497 e. The first kappa shape index (κ1) is 18.4. The topological polar surface area (TPSA) is 74.5 Å². The van der Waals surface area contributed by atoms with Gasteiger partial charge < -0.3 is 14.0 Å². The Balaban J connectivity index is 1.71. The van der Waals surface area contributed by atoms with E-state index in [9.17, 15) is 18.0 Å². The Morgan fingerprint density at radius 3 is 2.67 bits per heavy atom. The van der Waals surface area contributed by atoms with Crippen molar-refractivity contribution >= 4 is 5.97 Å². The highest BCUT2D eigenvalue weighted by atomic mass is 19.4. The standard InChI is InChI=1S/C18H13F3N2O4/c1-25-12-6-4-5-11(9-12)16-22-15(27-23-16)10-26-17(24)13-7-2-3-8-14(13)18(19,20)21/h2-9H,10H2,1H3. The lowest BCUT2D eigenvalue weighted by atomic mass is 10.1. The van der Waals surface area contributed by atoms with Gasteiger partial charge in [-0.2, -0.15) is 18.2 Å². The van der Waals surface area contributed by atoms with Gasteiger partial charge in [0, 0.05) is 5.56 Å². The lowest BCUT2D eigenvalue weighted by Crippen LogP contribution is -2.15. The third-order valence-corrected chi connectivity index (χ3v) is 3.58. The predicted octanol–water partition coefficient (Wildman–Crippen LogP) is 4.12. The fourth-order valence-corrected chi connectivity index (χ4v) is 2.31. The number of carbonyl (C=O) groups is 1. The van der Waals surface area contributed by atoms with E-state index in [0.29, 0.717) is 11.3 Å². The van der Waals surface area contributed by atoms with Crippen molar-refractivity contribution < 1.29 is 32.0 Å². The Hall–Kier alpha value is -3.36. The molecular formula is C18H13F3N2O4. The molecule has 1 aromatic heterocycles. The number of aromatic nitrogens is 2. The van der Waals surface area contributed by atoms with Gasteiger partial charge in [-0.3, -0.25) is 0 Å². The molecular weight excluding hydrogens is 365 g/mol. The summed E-state index contributed by atoms with van der Waals surface area (Å²) in [5.74, 6) is -0.362. The molecule has 1 heterocycles. The lowest BCUT2D eigenvalue weighted by Gasteiger charge is -2.11. The molecule has 9 heteroatoms. The molecule has 0 unspecified atom stereocenters. The first-order chi connectivity index (χ1) is 12.9. The summed E-state index contributed by atoms with van der Waals surface area (Å²) in [6.07, 6.45) is -4.67. The Kier molecular flexibility index (Phi) is 5.11. The van der Waals surface area contributed by atoms with E-state index >= 15 is 0 Å². The van der Waals surface area contributed by atoms with Crippen LogP contribution in [0.25, 0.3) is 11.4 Å². The van der Waals surface area contributed by atoms with Crippen LogP contribution < -0.4 is 4.74 Å². The zero-order chi connectivity index (χ0) is 19.4. The number of alkyl halides is 3. The fourth-order valence-electron chi connectivity index (χ4n) is 2.31. The molecule has 3 aromatic rings. The van der Waals surface area contributed by atoms with E-state index < -0.39 is 29.9 Å². The van der Waals surface area contributed by atoms with Crippen LogP contribution >= 0.6 is 0 Å². The van der Waals surface area contributed by atoms with Crippen molar-refractivity contribution in [2.24, 2.45) is 0 Å². The van der Waals surface area contributed by atoms with Crippen LogP contribution in [0.3, 0.4) is 0 Å². The maximum atomic E-state index is 13.0. The van der Waals surface area contributed by atoms with Crippen molar-refractivity contribution in [1.82, 2.24) is 10.1 Å². The van der Waals surface area contributed by atoms with Gasteiger partial charge in [0.2, 0.25) is 5.82 Å². The Morgan fingerprint density at radius 1 is 1.15 bits per heavy atom. The van der Waals surface area contributed by atoms with Crippen molar-refractivity contribution in [2.45, 2.75) is 12.8 Å². The third-order valence-electron chi connectivity index (χ3n) is 3.58. The van der Waals surface area contributed by atoms with E-state index in [-0.39, 0.29) is 11.7 Å². The van der Waals surface area contributed by atoms with Gasteiger partial charge >= 0.3 is 12.1 Å². The molecule has 3 rings (SSSR count). The normalized spacial score (nSPS) is 11.3. The number of halogens is 3. The number of esters is 1. The van der Waals surface area contributed by atoms with E-state index in [1.165, 1.54) is 19.2 Å². The maximum absolute atomic E-state index is 13.0. The van der Waals surface area contributed by atoms with Gasteiger partial charge in [-0.1, -0.05) is 29.4 Å². The van der Waals surface area contributed by atoms with E-state index in [2.05, 4.69) is 10.1 Å². The van der Waals surface area contributed by atoms with Crippen LogP contribution in [0.1, 0.15) is 21.8 Å². The summed E-state index contributed by atoms with van der Waals surface area (Å²) in [4.78, 5) is 16.1. The molecule has 2 aromatic carbocycles. The van der Waals surface area contributed by atoms with Crippen molar-refractivity contribution in [2.75, 3.05) is 7.11 Å². The summed E-state index contributed by atoms with van der Waals surface area (Å²) in [7, 11) is 1.51. The molecule has 0 amide bonds. The molecule has 0 bridgehead atoms. The minimum absolute atomic E-state index is 0.0503. The van der Waals surface area contributed by atoms with Gasteiger partial charge in [-0.25, -0.2) is 4.79 Å². The molecule has 0 fully saturated rings. The molecule has 0 radical (unpaired) electrons. The van der Waals surface area contributed by atoms with Crippen molar-refractivity contribution in [1.29, 1.82) is 0 Å². The molecule has 0 atom stereocenters. The zero-order valence-corrected chi connectivity index (χ0v) is 14.0. The van der Waals surface area contributed by atoms with E-state index in [1.54, 1.807) is 24.3 Å². The van der Waals surface area contributed by atoms with E-state index in [1.807, 2.05) is 0 Å². The van der Waals surface area contributed by atoms with Crippen LogP contribution in [0.2, 0.25) is 0 Å². The summed E-state index contributed by atoms with van der Waals surface area (Å²) in [6.45, 7) is -0.456. The Morgan fingerprint density at radius 2 is 1.93 bits per heavy atom. The minimum Gasteiger partial charge on any atom is -0.497 e. The molecule has 140 valence electrons. The second-order valence-electron chi connectivity index (χ2n) is 5.36. The van der Waals surface area contributed by atoms with Crippen molar-refractivity contribution in [3.8, 4) is 17.1 Å². The van der Waals surface area contributed by atoms with Crippen LogP contribution in [0.4, 0.5) is 13.2 Å². The quantitative estimate of drug-likeness (QED) is 0.622. The average molecular weight is 378 g/mol. The predicted molar refractivity (Wildman–Crippen MR) is 86.8 cm³/mol. The van der Waals surface area contributed by atoms with Gasteiger partial charge in [0.25, 0.3) is 5.89 Å². The van der Waals surface area contributed by atoms with Crippen LogP contribution in [0.15, 0.2) is 53.1 Å². The third kappa shape index (κ3) is 4.25. The molecule has 0 aliphatic rings. The number of carbonyl (C=O) groups excluding carboxylic acids is 1. The SMILES string of the molecule is COc1cccc(-c2noc(COC(=O)c3ccccc3C(F)(F)F)n2)c1. The maximum Gasteiger partial charge on any atom is 0.417 e. The lowest BCUT2D eigenvalue weighted by molar-refractivity contribution is -0.138. The zero-order valence-electron chi connectivity index (χ0n) is 14.0. The summed E-state index contributed by atoms with van der Waals surface area (Å²) in [5, 5.41) is 3.76. The molecule has 0 spiro atoms. The average Bonchev–Trinajstić information content (AvgIpc) is 3.14. The van der Waals surface area contributed by atoms with Crippen molar-refractivity contribution in [3.63, 3.8) is 0 Å². The van der Waals surface area contributed by atoms with Crippen LogP contribution in [0, 0.1) is 0 Å². The first-order valence-corrected chi connectivity index (χ1v) is 7.69. The van der Waals surface area contributed by atoms with Gasteiger partial charge in [0.05, 0.1) is 18.2 Å². The second kappa shape index (κ2) is 7.48. The Labute approximate surface area is 151 Å². The number of benzene rings is 2. The molecule has 0 N–H and O–H groups in total.